The Labute approximate surface area is 120 Å². The van der Waals surface area contributed by atoms with Crippen LogP contribution in [0.4, 0.5) is 0 Å². The van der Waals surface area contributed by atoms with E-state index in [-0.39, 0.29) is 12.1 Å². The number of halogens is 1. The minimum absolute atomic E-state index is 0.132. The molecule has 1 saturated carbocycles. The van der Waals surface area contributed by atoms with Gasteiger partial charge in [0, 0.05) is 13.2 Å². The normalized spacial score (nSPS) is 18.5. The first-order chi connectivity index (χ1) is 9.22. The van der Waals surface area contributed by atoms with E-state index in [0.717, 1.165) is 30.4 Å². The first-order valence-corrected chi connectivity index (χ1v) is 7.66. The predicted octanol–water partition coefficient (Wildman–Crippen LogP) is 3.02. The van der Waals surface area contributed by atoms with Gasteiger partial charge in [-0.15, -0.1) is 0 Å². The molecular formula is C14H24ClN3O. The Bertz CT molecular complexity index is 403. The Kier molecular flexibility index (Phi) is 5.25. The number of hydrogen-bond donors (Lipinski definition) is 1. The van der Waals surface area contributed by atoms with E-state index in [9.17, 15) is 0 Å². The highest BCUT2D eigenvalue weighted by molar-refractivity contribution is 6.31. The monoisotopic (exact) mass is 285 g/mol. The molecule has 2 unspecified atom stereocenters. The lowest BCUT2D eigenvalue weighted by Gasteiger charge is -2.28. The van der Waals surface area contributed by atoms with Crippen LogP contribution in [0.25, 0.3) is 0 Å². The van der Waals surface area contributed by atoms with Gasteiger partial charge in [0.25, 0.3) is 0 Å². The predicted molar refractivity (Wildman–Crippen MR) is 77.5 cm³/mol. The standard InChI is InChI=1S/C14H24ClN3O/c1-4-16-12(14(19-6-3)10-7-8-10)13-11(15)9-17-18(13)5-2/h9-10,12,14,16H,4-8H2,1-3H3. The smallest absolute Gasteiger partial charge is 0.0835 e. The number of nitrogens with zero attached hydrogens (tertiary/aromatic N) is 2. The summed E-state index contributed by atoms with van der Waals surface area (Å²) in [5.74, 6) is 0.653. The van der Waals surface area contributed by atoms with Crippen LogP contribution in [-0.4, -0.2) is 29.0 Å². The molecule has 0 saturated heterocycles. The zero-order valence-electron chi connectivity index (χ0n) is 12.0. The van der Waals surface area contributed by atoms with Crippen molar-refractivity contribution in [1.29, 1.82) is 0 Å². The van der Waals surface area contributed by atoms with Crippen molar-refractivity contribution in [2.24, 2.45) is 5.92 Å². The summed E-state index contributed by atoms with van der Waals surface area (Å²) in [5.41, 5.74) is 1.07. The second-order valence-electron chi connectivity index (χ2n) is 4.99. The van der Waals surface area contributed by atoms with Crippen molar-refractivity contribution < 1.29 is 4.74 Å². The first-order valence-electron chi connectivity index (χ1n) is 7.29. The maximum atomic E-state index is 6.34. The van der Waals surface area contributed by atoms with Crippen LogP contribution < -0.4 is 5.32 Å². The van der Waals surface area contributed by atoms with Gasteiger partial charge in [-0.2, -0.15) is 5.10 Å². The summed E-state index contributed by atoms with van der Waals surface area (Å²) >= 11 is 6.34. The molecule has 0 radical (unpaired) electrons. The number of hydrogen-bond acceptors (Lipinski definition) is 3. The van der Waals surface area contributed by atoms with E-state index >= 15 is 0 Å². The number of likely N-dealkylation sites (N-methyl/N-ethyl adjacent to an activating group) is 1. The van der Waals surface area contributed by atoms with Gasteiger partial charge in [0.2, 0.25) is 0 Å². The lowest BCUT2D eigenvalue weighted by atomic mass is 10.0. The molecule has 1 aromatic heterocycles. The first kappa shape index (κ1) is 14.8. The van der Waals surface area contributed by atoms with Gasteiger partial charge in [0.15, 0.2) is 0 Å². The molecule has 0 spiro atoms. The van der Waals surface area contributed by atoms with Gasteiger partial charge in [-0.3, -0.25) is 4.68 Å². The molecule has 0 aliphatic heterocycles. The van der Waals surface area contributed by atoms with Crippen LogP contribution in [0.15, 0.2) is 6.20 Å². The zero-order chi connectivity index (χ0) is 13.8. The van der Waals surface area contributed by atoms with Gasteiger partial charge in [-0.1, -0.05) is 18.5 Å². The average Bonchev–Trinajstić information content (AvgIpc) is 3.17. The van der Waals surface area contributed by atoms with Crippen molar-refractivity contribution in [3.63, 3.8) is 0 Å². The van der Waals surface area contributed by atoms with Crippen LogP contribution in [0.3, 0.4) is 0 Å². The fraction of sp³-hybridized carbons (Fsp3) is 0.786. The molecule has 19 heavy (non-hydrogen) atoms. The summed E-state index contributed by atoms with van der Waals surface area (Å²) in [7, 11) is 0. The van der Waals surface area contributed by atoms with Crippen LogP contribution in [0.1, 0.15) is 45.3 Å². The molecular weight excluding hydrogens is 262 g/mol. The third-order valence-electron chi connectivity index (χ3n) is 3.63. The SMILES string of the molecule is CCNC(c1c(Cl)cnn1CC)C(OCC)C1CC1. The molecule has 108 valence electrons. The van der Waals surface area contributed by atoms with Crippen molar-refractivity contribution in [3.05, 3.63) is 16.9 Å². The number of ether oxygens (including phenoxy) is 1. The zero-order valence-corrected chi connectivity index (χ0v) is 12.8. The Morgan fingerprint density at radius 3 is 2.74 bits per heavy atom. The molecule has 1 fully saturated rings. The van der Waals surface area contributed by atoms with E-state index in [1.807, 2.05) is 4.68 Å². The third kappa shape index (κ3) is 3.30. The molecule has 2 rings (SSSR count). The molecule has 4 nitrogen and oxygen atoms in total. The number of aryl methyl sites for hydroxylation is 1. The Hall–Kier alpha value is -0.580. The lowest BCUT2D eigenvalue weighted by Crippen LogP contribution is -2.37. The summed E-state index contributed by atoms with van der Waals surface area (Å²) in [4.78, 5) is 0. The highest BCUT2D eigenvalue weighted by Crippen LogP contribution is 2.41. The molecule has 0 aromatic carbocycles. The highest BCUT2D eigenvalue weighted by atomic mass is 35.5. The van der Waals surface area contributed by atoms with Crippen LogP contribution in [0.2, 0.25) is 5.02 Å². The molecule has 2 atom stereocenters. The maximum absolute atomic E-state index is 6.34. The van der Waals surface area contributed by atoms with Gasteiger partial charge >= 0.3 is 0 Å². The van der Waals surface area contributed by atoms with Gasteiger partial charge in [0.05, 0.1) is 29.1 Å². The van der Waals surface area contributed by atoms with E-state index < -0.39 is 0 Å². The van der Waals surface area contributed by atoms with Gasteiger partial charge in [-0.05, 0) is 39.2 Å². The van der Waals surface area contributed by atoms with Gasteiger partial charge in [-0.25, -0.2) is 0 Å². The largest absolute Gasteiger partial charge is 0.376 e. The number of nitrogens with one attached hydrogen (secondary N) is 1. The van der Waals surface area contributed by atoms with E-state index in [0.29, 0.717) is 5.92 Å². The molecule has 0 bridgehead atoms. The average molecular weight is 286 g/mol. The summed E-state index contributed by atoms with van der Waals surface area (Å²) in [5, 5.41) is 8.62. The fourth-order valence-electron chi connectivity index (χ4n) is 2.64. The Morgan fingerprint density at radius 2 is 2.21 bits per heavy atom. The quantitative estimate of drug-likeness (QED) is 0.798. The van der Waals surface area contributed by atoms with E-state index in [4.69, 9.17) is 16.3 Å². The molecule has 5 heteroatoms. The minimum Gasteiger partial charge on any atom is -0.376 e. The van der Waals surface area contributed by atoms with E-state index in [2.05, 4.69) is 31.2 Å². The molecule has 1 heterocycles. The fourth-order valence-corrected chi connectivity index (χ4v) is 2.90. The molecule has 0 amide bonds. The number of aromatic nitrogens is 2. The van der Waals surface area contributed by atoms with Gasteiger partial charge < -0.3 is 10.1 Å². The Morgan fingerprint density at radius 1 is 1.47 bits per heavy atom. The van der Waals surface area contributed by atoms with Crippen LogP contribution in [0.5, 0.6) is 0 Å². The summed E-state index contributed by atoms with van der Waals surface area (Å²) in [6, 6.07) is 0.132. The molecule has 1 aliphatic rings. The van der Waals surface area contributed by atoms with Crippen molar-refractivity contribution in [2.75, 3.05) is 13.2 Å². The highest BCUT2D eigenvalue weighted by Gasteiger charge is 2.39. The maximum Gasteiger partial charge on any atom is 0.0835 e. The Balaban J connectivity index is 2.28. The molecule has 1 aliphatic carbocycles. The van der Waals surface area contributed by atoms with Crippen molar-refractivity contribution in [1.82, 2.24) is 15.1 Å². The summed E-state index contributed by atoms with van der Waals surface area (Å²) in [6.07, 6.45) is 4.44. The minimum atomic E-state index is 0.132. The summed E-state index contributed by atoms with van der Waals surface area (Å²) < 4.78 is 7.97. The van der Waals surface area contributed by atoms with Crippen molar-refractivity contribution in [2.45, 2.75) is 52.3 Å². The molecule has 1 N–H and O–H groups in total. The van der Waals surface area contributed by atoms with Gasteiger partial charge in [0.1, 0.15) is 0 Å². The number of rotatable bonds is 8. The van der Waals surface area contributed by atoms with Crippen LogP contribution >= 0.6 is 11.6 Å². The van der Waals surface area contributed by atoms with Crippen LogP contribution in [0, 0.1) is 5.92 Å². The van der Waals surface area contributed by atoms with E-state index in [1.165, 1.54) is 12.8 Å². The van der Waals surface area contributed by atoms with Crippen molar-refractivity contribution in [3.8, 4) is 0 Å². The second kappa shape index (κ2) is 6.73. The third-order valence-corrected chi connectivity index (χ3v) is 3.92. The second-order valence-corrected chi connectivity index (χ2v) is 5.39. The van der Waals surface area contributed by atoms with Crippen molar-refractivity contribution >= 4 is 11.6 Å². The lowest BCUT2D eigenvalue weighted by molar-refractivity contribution is 0.0168. The molecule has 1 aromatic rings. The van der Waals surface area contributed by atoms with Crippen LogP contribution in [-0.2, 0) is 11.3 Å². The summed E-state index contributed by atoms with van der Waals surface area (Å²) in [6.45, 7) is 8.71. The van der Waals surface area contributed by atoms with E-state index in [1.54, 1.807) is 6.20 Å². The topological polar surface area (TPSA) is 39.1 Å².